The number of hydrogen-bond donors (Lipinski definition) is 2. The van der Waals surface area contributed by atoms with Crippen LogP contribution in [-0.2, 0) is 0 Å². The molecule has 4 nitrogen and oxygen atoms in total. The maximum Gasteiger partial charge on any atom is 0.268 e. The number of carbonyl (C=O) groups is 1. The van der Waals surface area contributed by atoms with Gasteiger partial charge in [0.05, 0.1) is 11.6 Å². The van der Waals surface area contributed by atoms with Gasteiger partial charge in [0.2, 0.25) is 0 Å². The Morgan fingerprint density at radius 2 is 2.19 bits per heavy atom. The fourth-order valence-corrected chi connectivity index (χ4v) is 1.61. The number of aromatic nitrogens is 1. The maximum atomic E-state index is 11.9. The Morgan fingerprint density at radius 1 is 1.56 bits per heavy atom. The van der Waals surface area contributed by atoms with E-state index >= 15 is 0 Å². The maximum absolute atomic E-state index is 11.9. The fraction of sp³-hybridized carbons (Fsp3) is 0.545. The minimum atomic E-state index is -0.262. The second kappa shape index (κ2) is 5.37. The van der Waals surface area contributed by atoms with Crippen LogP contribution in [0.4, 0.5) is 0 Å². The zero-order chi connectivity index (χ0) is 12.3. The lowest BCUT2D eigenvalue weighted by Crippen LogP contribution is -2.36. The Hall–Kier alpha value is -1.00. The highest BCUT2D eigenvalue weighted by molar-refractivity contribution is 6.31. The van der Waals surface area contributed by atoms with E-state index in [0.29, 0.717) is 10.7 Å². The Balaban J connectivity index is 2.90. The van der Waals surface area contributed by atoms with E-state index in [4.69, 9.17) is 16.7 Å². The van der Waals surface area contributed by atoms with E-state index in [1.807, 2.05) is 18.4 Å². The lowest BCUT2D eigenvalue weighted by molar-refractivity contribution is 0.0911. The van der Waals surface area contributed by atoms with Gasteiger partial charge in [-0.2, -0.15) is 0 Å². The summed E-state index contributed by atoms with van der Waals surface area (Å²) >= 11 is 5.87. The van der Waals surface area contributed by atoms with Gasteiger partial charge in [-0.25, -0.2) is 0 Å². The first kappa shape index (κ1) is 13.1. The summed E-state index contributed by atoms with van der Waals surface area (Å²) in [5.74, 6) is -0.220. The van der Waals surface area contributed by atoms with Gasteiger partial charge in [0, 0.05) is 18.3 Å². The predicted molar refractivity (Wildman–Crippen MR) is 63.8 cm³/mol. The smallest absolute Gasteiger partial charge is 0.268 e. The highest BCUT2D eigenvalue weighted by Crippen LogP contribution is 2.18. The Morgan fingerprint density at radius 3 is 2.69 bits per heavy atom. The van der Waals surface area contributed by atoms with Crippen LogP contribution in [0.2, 0.25) is 5.02 Å². The number of amides is 1. The van der Waals surface area contributed by atoms with Crippen molar-refractivity contribution < 1.29 is 9.90 Å². The predicted octanol–water partition coefficient (Wildman–Crippen LogP) is 1.83. The van der Waals surface area contributed by atoms with Crippen molar-refractivity contribution in [2.75, 3.05) is 6.61 Å². The molecule has 0 aliphatic rings. The molecule has 0 aliphatic heterocycles. The molecule has 1 aromatic rings. The molecule has 1 rings (SSSR count). The van der Waals surface area contributed by atoms with Crippen LogP contribution in [0.1, 0.15) is 37.3 Å². The van der Waals surface area contributed by atoms with Gasteiger partial charge in [-0.1, -0.05) is 11.6 Å². The van der Waals surface area contributed by atoms with Crippen LogP contribution in [-0.4, -0.2) is 28.2 Å². The van der Waals surface area contributed by atoms with Crippen LogP contribution in [0.25, 0.3) is 0 Å². The van der Waals surface area contributed by atoms with E-state index in [1.54, 1.807) is 19.2 Å². The topological polar surface area (TPSA) is 54.3 Å². The van der Waals surface area contributed by atoms with Gasteiger partial charge in [0.25, 0.3) is 5.91 Å². The molecule has 0 aliphatic carbocycles. The third kappa shape index (κ3) is 3.00. The molecular formula is C11H17ClN2O2. The lowest BCUT2D eigenvalue weighted by Gasteiger charge is -2.15. The van der Waals surface area contributed by atoms with Crippen LogP contribution in [0.5, 0.6) is 0 Å². The molecule has 0 radical (unpaired) electrons. The van der Waals surface area contributed by atoms with Crippen molar-refractivity contribution in [3.63, 3.8) is 0 Å². The summed E-state index contributed by atoms with van der Waals surface area (Å²) in [5, 5.41) is 12.1. The Kier molecular flexibility index (Phi) is 4.38. The first-order valence-electron chi connectivity index (χ1n) is 5.24. The second-order valence-corrected chi connectivity index (χ2v) is 4.54. The van der Waals surface area contributed by atoms with Crippen molar-refractivity contribution in [1.82, 2.24) is 9.88 Å². The average molecular weight is 245 g/mol. The summed E-state index contributed by atoms with van der Waals surface area (Å²) in [6.45, 7) is 5.61. The summed E-state index contributed by atoms with van der Waals surface area (Å²) in [4.78, 5) is 11.9. The first-order valence-corrected chi connectivity index (χ1v) is 5.62. The highest BCUT2D eigenvalue weighted by atomic mass is 35.5. The zero-order valence-electron chi connectivity index (χ0n) is 9.70. The van der Waals surface area contributed by atoms with E-state index in [9.17, 15) is 4.79 Å². The molecule has 1 heterocycles. The number of aliphatic hydroxyl groups excluding tert-OH is 1. The van der Waals surface area contributed by atoms with Crippen molar-refractivity contribution in [1.29, 1.82) is 0 Å². The molecule has 0 unspecified atom stereocenters. The first-order chi connectivity index (χ1) is 7.45. The third-order valence-electron chi connectivity index (χ3n) is 2.26. The Labute approximate surface area is 100 Å². The molecule has 2 N–H and O–H groups in total. The van der Waals surface area contributed by atoms with E-state index in [2.05, 4.69) is 5.32 Å². The van der Waals surface area contributed by atoms with Crippen LogP contribution in [0.3, 0.4) is 0 Å². The molecular weight excluding hydrogens is 228 g/mol. The molecule has 0 saturated carbocycles. The van der Waals surface area contributed by atoms with Gasteiger partial charge < -0.3 is 15.0 Å². The van der Waals surface area contributed by atoms with E-state index < -0.39 is 0 Å². The quantitative estimate of drug-likeness (QED) is 0.849. The van der Waals surface area contributed by atoms with E-state index in [0.717, 1.165) is 0 Å². The zero-order valence-corrected chi connectivity index (χ0v) is 10.5. The molecule has 16 heavy (non-hydrogen) atoms. The monoisotopic (exact) mass is 244 g/mol. The summed E-state index contributed by atoms with van der Waals surface area (Å²) in [6.07, 6.45) is 1.73. The molecule has 0 aromatic carbocycles. The number of nitrogens with zero attached hydrogens (tertiary/aromatic N) is 1. The molecule has 1 atom stereocenters. The lowest BCUT2D eigenvalue weighted by atomic mass is 10.3. The van der Waals surface area contributed by atoms with Crippen molar-refractivity contribution in [2.45, 2.75) is 32.9 Å². The van der Waals surface area contributed by atoms with E-state index in [1.165, 1.54) is 0 Å². The fourth-order valence-electron chi connectivity index (χ4n) is 1.40. The van der Waals surface area contributed by atoms with Crippen LogP contribution < -0.4 is 5.32 Å². The van der Waals surface area contributed by atoms with Crippen molar-refractivity contribution >= 4 is 17.5 Å². The molecule has 90 valence electrons. The molecule has 1 aromatic heterocycles. The van der Waals surface area contributed by atoms with E-state index in [-0.39, 0.29) is 24.6 Å². The minimum Gasteiger partial charge on any atom is -0.394 e. The summed E-state index contributed by atoms with van der Waals surface area (Å²) < 4.78 is 1.81. The highest BCUT2D eigenvalue weighted by Gasteiger charge is 2.16. The third-order valence-corrected chi connectivity index (χ3v) is 2.46. The second-order valence-electron chi connectivity index (χ2n) is 4.10. The van der Waals surface area contributed by atoms with Gasteiger partial charge in [0.15, 0.2) is 0 Å². The van der Waals surface area contributed by atoms with Gasteiger partial charge in [0.1, 0.15) is 5.69 Å². The SMILES string of the molecule is CC(C)n1cc(Cl)cc1C(=O)N[C@H](C)CO. The number of carbonyl (C=O) groups excluding carboxylic acids is 1. The number of aliphatic hydroxyl groups is 1. The molecule has 5 heteroatoms. The average Bonchev–Trinajstić information content (AvgIpc) is 2.60. The van der Waals surface area contributed by atoms with Crippen molar-refractivity contribution in [2.24, 2.45) is 0 Å². The standard InChI is InChI=1S/C11H17ClN2O2/c1-7(2)14-5-9(12)4-10(14)11(16)13-8(3)6-15/h4-5,7-8,15H,6H2,1-3H3,(H,13,16)/t8-/m1/s1. The number of nitrogens with one attached hydrogen (secondary N) is 1. The normalized spacial score (nSPS) is 12.9. The van der Waals surface area contributed by atoms with Crippen LogP contribution in [0.15, 0.2) is 12.3 Å². The van der Waals surface area contributed by atoms with Crippen molar-refractivity contribution in [3.05, 3.63) is 23.0 Å². The molecule has 0 bridgehead atoms. The molecule has 1 amide bonds. The number of hydrogen-bond acceptors (Lipinski definition) is 2. The molecule has 0 fully saturated rings. The number of halogens is 1. The summed E-state index contributed by atoms with van der Waals surface area (Å²) in [7, 11) is 0. The minimum absolute atomic E-state index is 0.0815. The largest absolute Gasteiger partial charge is 0.394 e. The van der Waals surface area contributed by atoms with Crippen molar-refractivity contribution in [3.8, 4) is 0 Å². The van der Waals surface area contributed by atoms with Gasteiger partial charge in [-0.15, -0.1) is 0 Å². The Bertz CT molecular complexity index is 374. The molecule has 0 saturated heterocycles. The number of rotatable bonds is 4. The van der Waals surface area contributed by atoms with Gasteiger partial charge >= 0.3 is 0 Å². The van der Waals surface area contributed by atoms with Gasteiger partial charge in [-0.3, -0.25) is 4.79 Å². The van der Waals surface area contributed by atoms with Crippen LogP contribution >= 0.6 is 11.6 Å². The summed E-state index contributed by atoms with van der Waals surface area (Å²) in [5.41, 5.74) is 0.514. The van der Waals surface area contributed by atoms with Gasteiger partial charge in [-0.05, 0) is 26.8 Å². The van der Waals surface area contributed by atoms with Crippen LogP contribution in [0, 0.1) is 0 Å². The molecule has 0 spiro atoms. The summed E-state index contributed by atoms with van der Waals surface area (Å²) in [6, 6.07) is 1.53.